The Morgan fingerprint density at radius 2 is 1.69 bits per heavy atom. The van der Waals surface area contributed by atoms with Crippen LogP contribution in [0.3, 0.4) is 0 Å². The summed E-state index contributed by atoms with van der Waals surface area (Å²) >= 11 is 0. The number of nitrogens with one attached hydrogen (secondary N) is 1. The summed E-state index contributed by atoms with van der Waals surface area (Å²) in [4.78, 5) is 16.3. The maximum absolute atomic E-state index is 11.6. The van der Waals surface area contributed by atoms with Crippen molar-refractivity contribution in [2.45, 2.75) is 6.54 Å². The highest BCUT2D eigenvalue weighted by molar-refractivity contribution is 5.96. The number of carbonyl (C=O) groups is 1. The number of imidazole rings is 1. The molecule has 1 amide bonds. The summed E-state index contributed by atoms with van der Waals surface area (Å²) in [7, 11) is 0. The van der Waals surface area contributed by atoms with Crippen molar-refractivity contribution in [3.05, 3.63) is 102 Å². The van der Waals surface area contributed by atoms with E-state index in [2.05, 4.69) is 38.7 Å². The molecule has 5 aromatic rings. The third-order valence-corrected chi connectivity index (χ3v) is 5.34. The van der Waals surface area contributed by atoms with Gasteiger partial charge < -0.3 is 25.3 Å². The molecule has 3 aromatic carbocycles. The van der Waals surface area contributed by atoms with Crippen LogP contribution in [0.25, 0.3) is 16.7 Å². The molecule has 0 aliphatic heterocycles. The van der Waals surface area contributed by atoms with Crippen molar-refractivity contribution in [3.63, 3.8) is 0 Å². The maximum Gasteiger partial charge on any atom is 0.248 e. The van der Waals surface area contributed by atoms with E-state index in [-0.39, 0.29) is 5.75 Å². The average molecular weight is 423 g/mol. The number of hydrogen-bond donors (Lipinski definition) is 3. The maximum atomic E-state index is 11.6. The number of aromatic nitrogens is 3. The first-order valence-electron chi connectivity index (χ1n) is 10.2. The number of nitrogens with two attached hydrogens (primary N) is 1. The summed E-state index contributed by atoms with van der Waals surface area (Å²) in [5, 5.41) is 12.9. The monoisotopic (exact) mass is 423 g/mol. The lowest BCUT2D eigenvalue weighted by Crippen LogP contribution is -2.10. The molecule has 7 heteroatoms. The Labute approximate surface area is 184 Å². The zero-order chi connectivity index (χ0) is 22.1. The summed E-state index contributed by atoms with van der Waals surface area (Å²) in [6, 6.07) is 24.4. The molecule has 0 saturated heterocycles. The van der Waals surface area contributed by atoms with Gasteiger partial charge in [-0.15, -0.1) is 0 Å². The van der Waals surface area contributed by atoms with Crippen LogP contribution in [0.2, 0.25) is 0 Å². The molecule has 2 aromatic heterocycles. The predicted molar refractivity (Wildman–Crippen MR) is 125 cm³/mol. The van der Waals surface area contributed by atoms with Gasteiger partial charge in [0.25, 0.3) is 0 Å². The van der Waals surface area contributed by atoms with Gasteiger partial charge in [0.2, 0.25) is 11.9 Å². The number of phenolic OH excluding ortho intramolecular Hbond substituents is 1. The van der Waals surface area contributed by atoms with Crippen molar-refractivity contribution >= 4 is 28.6 Å². The van der Waals surface area contributed by atoms with Crippen LogP contribution >= 0.6 is 0 Å². The van der Waals surface area contributed by atoms with Crippen LogP contribution in [0.5, 0.6) is 5.75 Å². The van der Waals surface area contributed by atoms with Gasteiger partial charge in [0.1, 0.15) is 5.75 Å². The fourth-order valence-corrected chi connectivity index (χ4v) is 3.68. The molecule has 0 bridgehead atoms. The second-order valence-electron chi connectivity index (χ2n) is 7.52. The standard InChI is InChI=1S/C25H21N5O2/c26-24(32)18-5-12-23-22(15-18)28-25(27-19-6-10-21(31)11-7-19)30(23)16-17-3-8-20(9-4-17)29-13-1-2-14-29/h1-15,31H,16H2,(H2,26,32)(H,27,28). The van der Waals surface area contributed by atoms with E-state index in [0.29, 0.717) is 23.6 Å². The highest BCUT2D eigenvalue weighted by Crippen LogP contribution is 2.26. The molecular weight excluding hydrogens is 402 g/mol. The van der Waals surface area contributed by atoms with Gasteiger partial charge in [-0.1, -0.05) is 12.1 Å². The fourth-order valence-electron chi connectivity index (χ4n) is 3.68. The summed E-state index contributed by atoms with van der Waals surface area (Å²) in [5.41, 5.74) is 10.4. The summed E-state index contributed by atoms with van der Waals surface area (Å²) in [6.07, 6.45) is 4.02. The smallest absolute Gasteiger partial charge is 0.248 e. The van der Waals surface area contributed by atoms with E-state index in [4.69, 9.17) is 10.7 Å². The average Bonchev–Trinajstić information content (AvgIpc) is 3.44. The van der Waals surface area contributed by atoms with Crippen LogP contribution in [0.4, 0.5) is 11.6 Å². The van der Waals surface area contributed by atoms with Crippen molar-refractivity contribution in [1.82, 2.24) is 14.1 Å². The zero-order valence-electron chi connectivity index (χ0n) is 17.1. The van der Waals surface area contributed by atoms with Gasteiger partial charge in [-0.05, 0) is 72.3 Å². The third-order valence-electron chi connectivity index (χ3n) is 5.34. The quantitative estimate of drug-likeness (QED) is 0.352. The number of aromatic hydroxyl groups is 1. The number of anilines is 2. The highest BCUT2D eigenvalue weighted by Gasteiger charge is 2.14. The van der Waals surface area contributed by atoms with Gasteiger partial charge in [0.05, 0.1) is 17.6 Å². The highest BCUT2D eigenvalue weighted by atomic mass is 16.3. The Morgan fingerprint density at radius 1 is 0.969 bits per heavy atom. The molecule has 0 aliphatic rings. The first kappa shape index (κ1) is 19.4. The zero-order valence-corrected chi connectivity index (χ0v) is 17.1. The predicted octanol–water partition coefficient (Wildman–Crippen LogP) is 4.42. The number of hydrogen-bond acceptors (Lipinski definition) is 4. The summed E-state index contributed by atoms with van der Waals surface area (Å²) in [5.74, 6) is 0.329. The van der Waals surface area contributed by atoms with Gasteiger partial charge in [0, 0.05) is 29.3 Å². The van der Waals surface area contributed by atoms with Crippen molar-refractivity contribution in [2.75, 3.05) is 5.32 Å². The van der Waals surface area contributed by atoms with Crippen LogP contribution < -0.4 is 11.1 Å². The largest absolute Gasteiger partial charge is 0.508 e. The van der Waals surface area contributed by atoms with Crippen LogP contribution in [-0.2, 0) is 6.54 Å². The van der Waals surface area contributed by atoms with Crippen LogP contribution in [0.15, 0.2) is 91.3 Å². The first-order valence-corrected chi connectivity index (χ1v) is 10.2. The lowest BCUT2D eigenvalue weighted by atomic mass is 10.1. The SMILES string of the molecule is NC(=O)c1ccc2c(c1)nc(Nc1ccc(O)cc1)n2Cc1ccc(-n2cccc2)cc1. The Bertz CT molecular complexity index is 1390. The molecule has 158 valence electrons. The number of phenols is 1. The fraction of sp³-hybridized carbons (Fsp3) is 0.0400. The molecule has 0 fully saturated rings. The molecule has 4 N–H and O–H groups in total. The van der Waals surface area contributed by atoms with Gasteiger partial charge >= 0.3 is 0 Å². The molecule has 0 saturated carbocycles. The lowest BCUT2D eigenvalue weighted by molar-refractivity contribution is 0.100. The van der Waals surface area contributed by atoms with E-state index in [9.17, 15) is 9.90 Å². The molecule has 0 aliphatic carbocycles. The Hall–Kier alpha value is -4.52. The molecule has 5 rings (SSSR count). The van der Waals surface area contributed by atoms with E-state index in [0.717, 1.165) is 22.5 Å². The minimum absolute atomic E-state index is 0.193. The van der Waals surface area contributed by atoms with Gasteiger partial charge in [-0.2, -0.15) is 0 Å². The van der Waals surface area contributed by atoms with E-state index in [1.54, 1.807) is 36.4 Å². The van der Waals surface area contributed by atoms with Crippen LogP contribution in [0.1, 0.15) is 15.9 Å². The minimum Gasteiger partial charge on any atom is -0.508 e. The van der Waals surface area contributed by atoms with Crippen molar-refractivity contribution in [1.29, 1.82) is 0 Å². The number of rotatable bonds is 6. The number of carbonyl (C=O) groups excluding carboxylic acids is 1. The number of nitrogens with zero attached hydrogens (tertiary/aromatic N) is 3. The number of benzene rings is 3. The number of primary amides is 1. The van der Waals surface area contributed by atoms with Gasteiger partial charge in [-0.25, -0.2) is 4.98 Å². The Balaban J connectivity index is 1.53. The number of amides is 1. The number of fused-ring (bicyclic) bond motifs is 1. The van der Waals surface area contributed by atoms with Crippen LogP contribution in [-0.4, -0.2) is 25.1 Å². The van der Waals surface area contributed by atoms with Gasteiger partial charge in [0.15, 0.2) is 0 Å². The van der Waals surface area contributed by atoms with Gasteiger partial charge in [-0.3, -0.25) is 4.79 Å². The molecule has 32 heavy (non-hydrogen) atoms. The van der Waals surface area contributed by atoms with Crippen molar-refractivity contribution in [3.8, 4) is 11.4 Å². The van der Waals surface area contributed by atoms with Crippen molar-refractivity contribution in [2.24, 2.45) is 5.73 Å². The Morgan fingerprint density at radius 3 is 2.38 bits per heavy atom. The van der Waals surface area contributed by atoms with E-state index < -0.39 is 5.91 Å². The second kappa shape index (κ2) is 7.96. The van der Waals surface area contributed by atoms with Crippen molar-refractivity contribution < 1.29 is 9.90 Å². The third kappa shape index (κ3) is 3.79. The van der Waals surface area contributed by atoms with E-state index in [1.165, 1.54) is 0 Å². The minimum atomic E-state index is -0.491. The second-order valence-corrected chi connectivity index (χ2v) is 7.52. The van der Waals surface area contributed by atoms with Crippen LogP contribution in [0, 0.1) is 0 Å². The van der Waals surface area contributed by atoms with E-state index in [1.807, 2.05) is 30.6 Å². The molecule has 0 radical (unpaired) electrons. The van der Waals surface area contributed by atoms with E-state index >= 15 is 0 Å². The molecule has 0 atom stereocenters. The molecule has 7 nitrogen and oxygen atoms in total. The normalized spacial score (nSPS) is 11.0. The topological polar surface area (TPSA) is 98.1 Å². The Kier molecular flexibility index (Phi) is 4.84. The lowest BCUT2D eigenvalue weighted by Gasteiger charge is -2.12. The molecule has 0 spiro atoms. The first-order chi connectivity index (χ1) is 15.6. The summed E-state index contributed by atoms with van der Waals surface area (Å²) < 4.78 is 4.11. The molecule has 2 heterocycles. The molecule has 0 unspecified atom stereocenters. The molecular formula is C25H21N5O2. The summed E-state index contributed by atoms with van der Waals surface area (Å²) in [6.45, 7) is 0.582.